The minimum Gasteiger partial charge on any atom is -0.494 e. The molecule has 0 aromatic heterocycles. The first-order valence-corrected chi connectivity index (χ1v) is 16.2. The molecule has 3 aromatic rings. The Labute approximate surface area is 273 Å². The van der Waals surface area contributed by atoms with Crippen LogP contribution < -0.4 is 4.74 Å². The fraction of sp³-hybridized carbons (Fsp3) is 0.385. The van der Waals surface area contributed by atoms with Crippen molar-refractivity contribution in [2.45, 2.75) is 70.7 Å². The highest BCUT2D eigenvalue weighted by Gasteiger charge is 2.72. The second-order valence-electron chi connectivity index (χ2n) is 12.1. The summed E-state index contributed by atoms with van der Waals surface area (Å²) < 4.78 is 25.6. The average Bonchev–Trinajstić information content (AvgIpc) is 3.67. The lowest BCUT2D eigenvalue weighted by molar-refractivity contribution is -0.208. The molecule has 1 saturated carbocycles. The molecule has 1 saturated heterocycles. The molecule has 238 valence electrons. The van der Waals surface area contributed by atoms with Crippen LogP contribution in [0, 0.1) is 11.8 Å². The highest BCUT2D eigenvalue weighted by atomic mass is 35.5. The number of hydrogen-bond donors (Lipinski definition) is 1. The van der Waals surface area contributed by atoms with E-state index in [9.17, 15) is 5.11 Å². The number of aliphatic hydroxyl groups is 1. The third kappa shape index (κ3) is 7.97. The van der Waals surface area contributed by atoms with E-state index in [1.807, 2.05) is 74.5 Å². The first kappa shape index (κ1) is 33.2. The van der Waals surface area contributed by atoms with Crippen molar-refractivity contribution in [3.63, 3.8) is 0 Å². The number of ether oxygens (including phenoxy) is 4. The molecule has 0 amide bonds. The summed E-state index contributed by atoms with van der Waals surface area (Å²) in [6.45, 7) is 12.0. The van der Waals surface area contributed by atoms with Gasteiger partial charge in [0.1, 0.15) is 23.6 Å². The molecule has 1 aliphatic heterocycles. The number of halogens is 1. The Kier molecular flexibility index (Phi) is 11.4. The average molecular weight is 629 g/mol. The Balaban J connectivity index is 1.31. The van der Waals surface area contributed by atoms with Gasteiger partial charge in [0.05, 0.1) is 32.5 Å². The standard InChI is InChI=1S/C39H45ClO5/c1-5-42-33-21-19-30(20-22-33)23-28(3)34(40)18-12-13-27(2)36-38(44-25-32-16-10-7-11-17-32)37(35-29(4)39(35,26-41)45-36)43-24-31-14-8-6-9-15-31/h6-12,14-22,29,35-38,41H,2,5,13,23-26H2,1,3-4H3. The van der Waals surface area contributed by atoms with Crippen LogP contribution in [0.4, 0.5) is 0 Å². The second-order valence-corrected chi connectivity index (χ2v) is 12.5. The van der Waals surface area contributed by atoms with Crippen LogP contribution in [0.1, 0.15) is 43.9 Å². The summed E-state index contributed by atoms with van der Waals surface area (Å²) in [6, 6.07) is 28.4. The molecule has 1 heterocycles. The molecule has 45 heavy (non-hydrogen) atoms. The van der Waals surface area contributed by atoms with E-state index in [0.29, 0.717) is 31.3 Å². The van der Waals surface area contributed by atoms with Gasteiger partial charge in [-0.2, -0.15) is 0 Å². The van der Waals surface area contributed by atoms with Crippen molar-refractivity contribution in [3.8, 4) is 5.75 Å². The maximum atomic E-state index is 10.5. The molecular weight excluding hydrogens is 584 g/mol. The van der Waals surface area contributed by atoms with Gasteiger partial charge in [0, 0.05) is 11.0 Å². The Morgan fingerprint density at radius 2 is 1.51 bits per heavy atom. The lowest BCUT2D eigenvalue weighted by atomic mass is 9.91. The number of allylic oxidation sites excluding steroid dienone is 4. The number of hydrogen-bond acceptors (Lipinski definition) is 5. The van der Waals surface area contributed by atoms with E-state index in [-0.39, 0.29) is 24.5 Å². The lowest BCUT2D eigenvalue weighted by Crippen LogP contribution is -2.53. The number of benzene rings is 3. The van der Waals surface area contributed by atoms with Gasteiger partial charge in [-0.05, 0) is 73.1 Å². The molecule has 0 radical (unpaired) electrons. The Morgan fingerprint density at radius 1 is 0.911 bits per heavy atom. The molecule has 6 unspecified atom stereocenters. The first-order chi connectivity index (χ1) is 21.9. The number of aliphatic hydroxyl groups excluding tert-OH is 1. The van der Waals surface area contributed by atoms with Crippen molar-refractivity contribution in [1.29, 1.82) is 0 Å². The van der Waals surface area contributed by atoms with Gasteiger partial charge in [-0.3, -0.25) is 0 Å². The second kappa shape index (κ2) is 15.4. The molecule has 0 bridgehead atoms. The van der Waals surface area contributed by atoms with Gasteiger partial charge < -0.3 is 24.1 Å². The topological polar surface area (TPSA) is 57.2 Å². The molecule has 6 heteroatoms. The van der Waals surface area contributed by atoms with Gasteiger partial charge in [-0.15, -0.1) is 0 Å². The molecule has 2 aliphatic rings. The van der Waals surface area contributed by atoms with Crippen LogP contribution in [-0.4, -0.2) is 42.2 Å². The molecule has 5 rings (SSSR count). The van der Waals surface area contributed by atoms with E-state index in [4.69, 9.17) is 30.5 Å². The van der Waals surface area contributed by atoms with E-state index in [0.717, 1.165) is 34.4 Å². The zero-order valence-electron chi connectivity index (χ0n) is 26.5. The molecular formula is C39H45ClO5. The summed E-state index contributed by atoms with van der Waals surface area (Å²) in [4.78, 5) is 0. The largest absolute Gasteiger partial charge is 0.494 e. The monoisotopic (exact) mass is 628 g/mol. The minimum absolute atomic E-state index is 0.0224. The van der Waals surface area contributed by atoms with Crippen LogP contribution in [0.3, 0.4) is 0 Å². The highest BCUT2D eigenvalue weighted by molar-refractivity contribution is 6.31. The van der Waals surface area contributed by atoms with Crippen LogP contribution in [0.25, 0.3) is 0 Å². The van der Waals surface area contributed by atoms with Gasteiger partial charge >= 0.3 is 0 Å². The maximum absolute atomic E-state index is 10.5. The summed E-state index contributed by atoms with van der Waals surface area (Å²) in [5.41, 5.74) is 4.60. The van der Waals surface area contributed by atoms with Crippen molar-refractivity contribution in [1.82, 2.24) is 0 Å². The van der Waals surface area contributed by atoms with Gasteiger partial charge in [-0.1, -0.05) is 110 Å². The smallest absolute Gasteiger partial charge is 0.119 e. The van der Waals surface area contributed by atoms with Gasteiger partial charge in [-0.25, -0.2) is 0 Å². The van der Waals surface area contributed by atoms with E-state index < -0.39 is 17.8 Å². The summed E-state index contributed by atoms with van der Waals surface area (Å²) in [7, 11) is 0. The van der Waals surface area contributed by atoms with E-state index in [2.05, 4.69) is 49.9 Å². The van der Waals surface area contributed by atoms with E-state index in [1.165, 1.54) is 5.56 Å². The van der Waals surface area contributed by atoms with E-state index in [1.54, 1.807) is 0 Å². The van der Waals surface area contributed by atoms with Crippen molar-refractivity contribution < 1.29 is 24.1 Å². The highest BCUT2D eigenvalue weighted by Crippen LogP contribution is 2.61. The quantitative estimate of drug-likeness (QED) is 0.136. The van der Waals surface area contributed by atoms with Crippen LogP contribution >= 0.6 is 11.6 Å². The molecule has 0 spiro atoms. The molecule has 2 fully saturated rings. The van der Waals surface area contributed by atoms with Gasteiger partial charge in [0.15, 0.2) is 0 Å². The molecule has 5 nitrogen and oxygen atoms in total. The fourth-order valence-electron chi connectivity index (χ4n) is 6.41. The van der Waals surface area contributed by atoms with Gasteiger partial charge in [0.25, 0.3) is 0 Å². The first-order valence-electron chi connectivity index (χ1n) is 15.9. The molecule has 1 aliphatic carbocycles. The molecule has 3 aromatic carbocycles. The van der Waals surface area contributed by atoms with Crippen molar-refractivity contribution in [3.05, 3.63) is 137 Å². The Bertz CT molecular complexity index is 1450. The van der Waals surface area contributed by atoms with Crippen LogP contribution in [0.2, 0.25) is 0 Å². The zero-order chi connectivity index (χ0) is 31.8. The van der Waals surface area contributed by atoms with Crippen LogP contribution in [0.5, 0.6) is 5.75 Å². The molecule has 1 N–H and O–H groups in total. The third-order valence-electron chi connectivity index (χ3n) is 9.06. The van der Waals surface area contributed by atoms with Crippen LogP contribution in [-0.2, 0) is 33.8 Å². The summed E-state index contributed by atoms with van der Waals surface area (Å²) in [6.07, 6.45) is 4.14. The number of rotatable bonds is 15. The zero-order valence-corrected chi connectivity index (χ0v) is 27.3. The Hall–Kier alpha value is -3.19. The van der Waals surface area contributed by atoms with E-state index >= 15 is 0 Å². The minimum atomic E-state index is -0.670. The summed E-state index contributed by atoms with van der Waals surface area (Å²) in [5.74, 6) is 1.02. The van der Waals surface area contributed by atoms with Crippen molar-refractivity contribution in [2.75, 3.05) is 13.2 Å². The summed E-state index contributed by atoms with van der Waals surface area (Å²) >= 11 is 6.72. The van der Waals surface area contributed by atoms with Gasteiger partial charge in [0.2, 0.25) is 0 Å². The summed E-state index contributed by atoms with van der Waals surface area (Å²) in [5, 5.41) is 11.2. The third-order valence-corrected chi connectivity index (χ3v) is 9.51. The normalized spacial score (nSPS) is 26.3. The fourth-order valence-corrected chi connectivity index (χ4v) is 6.57. The van der Waals surface area contributed by atoms with Crippen molar-refractivity contribution >= 4 is 11.6 Å². The SMILES string of the molecule is C=C(CC=CC(Cl)=C(C)Cc1ccc(OCC)cc1)C1OC2(CO)C(C)C2C(OCc2ccccc2)C1OCc1ccccc1. The predicted molar refractivity (Wildman–Crippen MR) is 180 cm³/mol. The maximum Gasteiger partial charge on any atom is 0.119 e. The number of fused-ring (bicyclic) bond motifs is 1. The Morgan fingerprint density at radius 3 is 2.09 bits per heavy atom. The predicted octanol–water partition coefficient (Wildman–Crippen LogP) is 8.21. The van der Waals surface area contributed by atoms with Crippen molar-refractivity contribution in [2.24, 2.45) is 11.8 Å². The van der Waals surface area contributed by atoms with Crippen LogP contribution in [0.15, 0.2) is 120 Å². The molecule has 6 atom stereocenters. The lowest BCUT2D eigenvalue weighted by Gasteiger charge is -2.41.